The molecule has 18 heavy (non-hydrogen) atoms. The first kappa shape index (κ1) is 11.0. The van der Waals surface area contributed by atoms with E-state index in [0.717, 1.165) is 28.7 Å². The van der Waals surface area contributed by atoms with Crippen molar-refractivity contribution in [3.8, 4) is 6.07 Å². The van der Waals surface area contributed by atoms with Gasteiger partial charge < -0.3 is 0 Å². The topological polar surface area (TPSA) is 36.7 Å². The number of hydrogen-bond donors (Lipinski definition) is 0. The summed E-state index contributed by atoms with van der Waals surface area (Å²) in [6.07, 6.45) is 8.89. The molecule has 1 unspecified atom stereocenters. The minimum Gasteiger partial charge on any atom is -0.248 e. The van der Waals surface area contributed by atoms with E-state index in [9.17, 15) is 5.26 Å². The zero-order valence-corrected chi connectivity index (χ0v) is 11.3. The fraction of sp³-hybridized carbons (Fsp3) is 0.733. The van der Waals surface area contributed by atoms with E-state index in [-0.39, 0.29) is 5.92 Å². The minimum atomic E-state index is 0.0694. The number of nitriles is 1. The molecule has 0 N–H and O–H groups in total. The van der Waals surface area contributed by atoms with Crippen LogP contribution in [0.1, 0.15) is 43.0 Å². The second-order valence-corrected chi connectivity index (χ2v) is 7.41. The number of thiazole rings is 1. The molecule has 1 heterocycles. The van der Waals surface area contributed by atoms with Gasteiger partial charge in [-0.05, 0) is 61.7 Å². The van der Waals surface area contributed by atoms with Crippen molar-refractivity contribution in [2.24, 2.45) is 29.6 Å². The van der Waals surface area contributed by atoms with Crippen LogP contribution in [-0.2, 0) is 0 Å². The summed E-state index contributed by atoms with van der Waals surface area (Å²) in [6, 6.07) is 2.58. The summed E-state index contributed by atoms with van der Waals surface area (Å²) in [5, 5.41) is 12.7. The maximum Gasteiger partial charge on any atom is 0.110 e. The highest BCUT2D eigenvalue weighted by atomic mass is 32.1. The lowest BCUT2D eigenvalue weighted by Gasteiger charge is -2.55. The molecule has 1 aromatic heterocycles. The predicted octanol–water partition coefficient (Wildman–Crippen LogP) is 3.82. The normalized spacial score (nSPS) is 42.7. The largest absolute Gasteiger partial charge is 0.248 e. The van der Waals surface area contributed by atoms with Crippen molar-refractivity contribution in [2.75, 3.05) is 0 Å². The standard InChI is InChI=1S/C15H18N2S/c16-8-13(15-17-1-2-18-15)14-11-4-9-3-10(6-11)7-12(14)5-9/h1-2,9-14H,3-7H2. The highest BCUT2D eigenvalue weighted by molar-refractivity contribution is 7.09. The van der Waals surface area contributed by atoms with Gasteiger partial charge in [0.2, 0.25) is 0 Å². The maximum atomic E-state index is 9.60. The Morgan fingerprint density at radius 1 is 1.17 bits per heavy atom. The molecule has 4 aliphatic carbocycles. The van der Waals surface area contributed by atoms with E-state index in [4.69, 9.17) is 0 Å². The molecule has 5 rings (SSSR count). The highest BCUT2D eigenvalue weighted by Crippen LogP contribution is 2.59. The van der Waals surface area contributed by atoms with Crippen molar-refractivity contribution in [3.63, 3.8) is 0 Å². The molecule has 1 aromatic rings. The van der Waals surface area contributed by atoms with Crippen LogP contribution in [0.5, 0.6) is 0 Å². The van der Waals surface area contributed by atoms with Crippen LogP contribution in [-0.4, -0.2) is 4.98 Å². The summed E-state index contributed by atoms with van der Waals surface area (Å²) in [5.41, 5.74) is 0. The third-order valence-electron chi connectivity index (χ3n) is 5.54. The molecule has 0 aliphatic heterocycles. The van der Waals surface area contributed by atoms with Gasteiger partial charge in [-0.15, -0.1) is 11.3 Å². The molecule has 0 spiro atoms. The van der Waals surface area contributed by atoms with Crippen molar-refractivity contribution >= 4 is 11.3 Å². The summed E-state index contributed by atoms with van der Waals surface area (Å²) in [6.45, 7) is 0. The Hall–Kier alpha value is -0.880. The molecule has 94 valence electrons. The summed E-state index contributed by atoms with van der Waals surface area (Å²) in [5.74, 6) is 4.28. The molecule has 0 radical (unpaired) electrons. The van der Waals surface area contributed by atoms with Gasteiger partial charge in [0.15, 0.2) is 0 Å². The molecule has 0 amide bonds. The summed E-state index contributed by atoms with van der Waals surface area (Å²) in [7, 11) is 0. The van der Waals surface area contributed by atoms with Crippen LogP contribution in [0.2, 0.25) is 0 Å². The van der Waals surface area contributed by atoms with Gasteiger partial charge in [-0.25, -0.2) is 4.98 Å². The number of aromatic nitrogens is 1. The van der Waals surface area contributed by atoms with Crippen molar-refractivity contribution in [1.29, 1.82) is 5.26 Å². The molecule has 2 nitrogen and oxygen atoms in total. The van der Waals surface area contributed by atoms with E-state index < -0.39 is 0 Å². The molecule has 4 fully saturated rings. The van der Waals surface area contributed by atoms with E-state index in [1.54, 1.807) is 11.3 Å². The lowest BCUT2D eigenvalue weighted by atomic mass is 9.50. The van der Waals surface area contributed by atoms with Crippen LogP contribution in [0.4, 0.5) is 0 Å². The smallest absolute Gasteiger partial charge is 0.110 e. The fourth-order valence-electron chi connectivity index (χ4n) is 5.21. The Morgan fingerprint density at radius 2 is 1.83 bits per heavy atom. The van der Waals surface area contributed by atoms with Gasteiger partial charge in [-0.1, -0.05) is 0 Å². The Kier molecular flexibility index (Phi) is 2.48. The lowest BCUT2D eigenvalue weighted by Crippen LogP contribution is -2.46. The summed E-state index contributed by atoms with van der Waals surface area (Å²) in [4.78, 5) is 4.42. The molecule has 4 aliphatic rings. The first-order valence-corrected chi connectivity index (χ1v) is 8.02. The fourth-order valence-corrected chi connectivity index (χ4v) is 5.94. The van der Waals surface area contributed by atoms with Crippen molar-refractivity contribution in [3.05, 3.63) is 16.6 Å². The summed E-state index contributed by atoms with van der Waals surface area (Å²) >= 11 is 1.67. The van der Waals surface area contributed by atoms with Gasteiger partial charge in [0, 0.05) is 11.6 Å². The third kappa shape index (κ3) is 1.55. The van der Waals surface area contributed by atoms with Gasteiger partial charge in [-0.2, -0.15) is 5.26 Å². The van der Waals surface area contributed by atoms with E-state index in [0.29, 0.717) is 5.92 Å². The van der Waals surface area contributed by atoms with Gasteiger partial charge in [0.25, 0.3) is 0 Å². The predicted molar refractivity (Wildman–Crippen MR) is 71.0 cm³/mol. The quantitative estimate of drug-likeness (QED) is 0.808. The Morgan fingerprint density at radius 3 is 2.33 bits per heavy atom. The number of hydrogen-bond acceptors (Lipinski definition) is 3. The van der Waals surface area contributed by atoms with Crippen LogP contribution < -0.4 is 0 Å². The molecular weight excluding hydrogens is 240 g/mol. The van der Waals surface area contributed by atoms with E-state index in [2.05, 4.69) is 11.1 Å². The number of rotatable bonds is 2. The first-order valence-electron chi connectivity index (χ1n) is 7.14. The van der Waals surface area contributed by atoms with Crippen LogP contribution in [0.3, 0.4) is 0 Å². The van der Waals surface area contributed by atoms with Gasteiger partial charge >= 0.3 is 0 Å². The molecule has 1 atom stereocenters. The molecule has 4 bridgehead atoms. The number of nitrogens with zero attached hydrogens (tertiary/aromatic N) is 2. The lowest BCUT2D eigenvalue weighted by molar-refractivity contribution is -0.0411. The van der Waals surface area contributed by atoms with Crippen molar-refractivity contribution < 1.29 is 0 Å². The van der Waals surface area contributed by atoms with E-state index >= 15 is 0 Å². The van der Waals surface area contributed by atoms with E-state index in [1.165, 1.54) is 32.1 Å². The maximum absolute atomic E-state index is 9.60. The SMILES string of the molecule is N#CC(c1nccs1)C1C2CC3CC(C2)CC1C3. The zero-order chi connectivity index (χ0) is 12.1. The van der Waals surface area contributed by atoms with E-state index in [1.807, 2.05) is 11.6 Å². The van der Waals surface area contributed by atoms with Crippen LogP contribution in [0, 0.1) is 40.9 Å². The Labute approximate surface area is 112 Å². The highest BCUT2D eigenvalue weighted by Gasteiger charge is 2.51. The molecular formula is C15H18N2S. The van der Waals surface area contributed by atoms with Gasteiger partial charge in [-0.3, -0.25) is 0 Å². The third-order valence-corrected chi connectivity index (χ3v) is 6.40. The Balaban J connectivity index is 1.66. The molecule has 0 aromatic carbocycles. The Bertz CT molecular complexity index is 445. The van der Waals surface area contributed by atoms with Crippen molar-refractivity contribution in [2.45, 2.75) is 38.0 Å². The molecule has 3 heteroatoms. The molecule has 4 saturated carbocycles. The van der Waals surface area contributed by atoms with Gasteiger partial charge in [0.05, 0.1) is 6.07 Å². The van der Waals surface area contributed by atoms with Crippen molar-refractivity contribution in [1.82, 2.24) is 4.98 Å². The molecule has 0 saturated heterocycles. The van der Waals surface area contributed by atoms with Crippen LogP contribution in [0.25, 0.3) is 0 Å². The second-order valence-electron chi connectivity index (χ2n) is 6.49. The van der Waals surface area contributed by atoms with Crippen LogP contribution >= 0.6 is 11.3 Å². The average molecular weight is 258 g/mol. The van der Waals surface area contributed by atoms with Gasteiger partial charge in [0.1, 0.15) is 10.9 Å². The zero-order valence-electron chi connectivity index (χ0n) is 10.5. The summed E-state index contributed by atoms with van der Waals surface area (Å²) < 4.78 is 0. The average Bonchev–Trinajstić information content (AvgIpc) is 2.86. The monoisotopic (exact) mass is 258 g/mol. The van der Waals surface area contributed by atoms with Crippen LogP contribution in [0.15, 0.2) is 11.6 Å². The minimum absolute atomic E-state index is 0.0694. The first-order chi connectivity index (χ1) is 8.85. The second kappa shape index (κ2) is 4.06.